The zero-order valence-electron chi connectivity index (χ0n) is 12.1. The molecule has 0 unspecified atom stereocenters. The van der Waals surface area contributed by atoms with Gasteiger partial charge >= 0.3 is 5.97 Å². The number of hydrogen-bond donors (Lipinski definition) is 1. The Hall–Kier alpha value is -1.68. The molecule has 0 aromatic carbocycles. The Morgan fingerprint density at radius 2 is 2.05 bits per heavy atom. The standard InChI is InChI=1S/C15H22N2O2/c1-12(2)5-10-17-15(3,11-14(18)19-4)13-6-8-16-9-7-13/h5-9,17H,10-11H2,1-4H3/t15-/m0/s1. The Morgan fingerprint density at radius 1 is 1.42 bits per heavy atom. The highest BCUT2D eigenvalue weighted by Gasteiger charge is 2.29. The first-order valence-electron chi connectivity index (χ1n) is 6.33. The second-order valence-corrected chi connectivity index (χ2v) is 4.98. The third kappa shape index (κ3) is 4.83. The Kier molecular flexibility index (Phi) is 5.70. The molecule has 1 rings (SSSR count). The number of carbonyl (C=O) groups is 1. The summed E-state index contributed by atoms with van der Waals surface area (Å²) in [5.41, 5.74) is 1.81. The summed E-state index contributed by atoms with van der Waals surface area (Å²) in [5, 5.41) is 3.40. The smallest absolute Gasteiger partial charge is 0.307 e. The molecular formula is C15H22N2O2. The van der Waals surface area contributed by atoms with Gasteiger partial charge in [-0.15, -0.1) is 0 Å². The van der Waals surface area contributed by atoms with Crippen molar-refractivity contribution in [2.24, 2.45) is 0 Å². The van der Waals surface area contributed by atoms with E-state index < -0.39 is 5.54 Å². The van der Waals surface area contributed by atoms with Crippen molar-refractivity contribution in [3.8, 4) is 0 Å². The summed E-state index contributed by atoms with van der Waals surface area (Å²) in [4.78, 5) is 15.6. The molecular weight excluding hydrogens is 240 g/mol. The molecule has 0 amide bonds. The molecule has 104 valence electrons. The van der Waals surface area contributed by atoms with E-state index in [2.05, 4.69) is 16.4 Å². The second kappa shape index (κ2) is 7.04. The first-order valence-corrected chi connectivity index (χ1v) is 6.33. The molecule has 0 saturated heterocycles. The summed E-state index contributed by atoms with van der Waals surface area (Å²) >= 11 is 0. The number of pyridine rings is 1. The molecule has 4 nitrogen and oxygen atoms in total. The van der Waals surface area contributed by atoms with Gasteiger partial charge in [-0.2, -0.15) is 0 Å². The molecule has 19 heavy (non-hydrogen) atoms. The van der Waals surface area contributed by atoms with Crippen molar-refractivity contribution in [2.45, 2.75) is 32.7 Å². The second-order valence-electron chi connectivity index (χ2n) is 4.98. The maximum absolute atomic E-state index is 11.6. The number of esters is 1. The molecule has 0 spiro atoms. The predicted octanol–water partition coefficient (Wildman–Crippen LogP) is 2.42. The lowest BCUT2D eigenvalue weighted by molar-refractivity contribution is -0.142. The van der Waals surface area contributed by atoms with E-state index >= 15 is 0 Å². The van der Waals surface area contributed by atoms with Crippen LogP contribution in [0.3, 0.4) is 0 Å². The van der Waals surface area contributed by atoms with Crippen molar-refractivity contribution in [3.05, 3.63) is 41.7 Å². The van der Waals surface area contributed by atoms with E-state index in [1.54, 1.807) is 12.4 Å². The van der Waals surface area contributed by atoms with Crippen molar-refractivity contribution < 1.29 is 9.53 Å². The molecule has 1 aromatic rings. The van der Waals surface area contributed by atoms with Crippen LogP contribution in [0.25, 0.3) is 0 Å². The van der Waals surface area contributed by atoms with E-state index in [1.807, 2.05) is 32.9 Å². The Labute approximate surface area is 114 Å². The molecule has 0 fully saturated rings. The highest BCUT2D eigenvalue weighted by molar-refractivity contribution is 5.71. The highest BCUT2D eigenvalue weighted by atomic mass is 16.5. The van der Waals surface area contributed by atoms with E-state index in [9.17, 15) is 4.79 Å². The number of allylic oxidation sites excluding steroid dienone is 1. The van der Waals surface area contributed by atoms with Gasteiger partial charge in [0.25, 0.3) is 0 Å². The molecule has 0 aliphatic heterocycles. The summed E-state index contributed by atoms with van der Waals surface area (Å²) in [6, 6.07) is 3.83. The molecule has 0 bridgehead atoms. The number of methoxy groups -OCH3 is 1. The molecule has 0 saturated carbocycles. The van der Waals surface area contributed by atoms with Gasteiger partial charge in [-0.05, 0) is 38.5 Å². The summed E-state index contributed by atoms with van der Waals surface area (Å²) in [6.45, 7) is 6.80. The lowest BCUT2D eigenvalue weighted by Crippen LogP contribution is -2.41. The minimum absolute atomic E-state index is 0.232. The van der Waals surface area contributed by atoms with Gasteiger partial charge in [0.1, 0.15) is 0 Å². The highest BCUT2D eigenvalue weighted by Crippen LogP contribution is 2.24. The van der Waals surface area contributed by atoms with Gasteiger partial charge in [-0.25, -0.2) is 0 Å². The van der Waals surface area contributed by atoms with Crippen molar-refractivity contribution in [2.75, 3.05) is 13.7 Å². The molecule has 0 aliphatic rings. The number of ether oxygens (including phenoxy) is 1. The zero-order valence-corrected chi connectivity index (χ0v) is 12.1. The molecule has 0 radical (unpaired) electrons. The van der Waals surface area contributed by atoms with Crippen LogP contribution in [-0.2, 0) is 15.1 Å². The zero-order chi connectivity index (χ0) is 14.3. The van der Waals surface area contributed by atoms with Gasteiger partial charge in [0.15, 0.2) is 0 Å². The summed E-state index contributed by atoms with van der Waals surface area (Å²) in [5.74, 6) is -0.232. The van der Waals surface area contributed by atoms with Crippen LogP contribution in [0, 0.1) is 0 Å². The Bertz CT molecular complexity index is 439. The van der Waals surface area contributed by atoms with E-state index in [-0.39, 0.29) is 12.4 Å². The van der Waals surface area contributed by atoms with Gasteiger partial charge in [0.05, 0.1) is 19.1 Å². The number of nitrogens with one attached hydrogen (secondary N) is 1. The minimum Gasteiger partial charge on any atom is -0.469 e. The summed E-state index contributed by atoms with van der Waals surface area (Å²) < 4.78 is 4.78. The number of nitrogens with zero attached hydrogens (tertiary/aromatic N) is 1. The Morgan fingerprint density at radius 3 is 2.58 bits per heavy atom. The van der Waals surface area contributed by atoms with Crippen molar-refractivity contribution >= 4 is 5.97 Å². The van der Waals surface area contributed by atoms with Crippen LogP contribution in [0.2, 0.25) is 0 Å². The third-order valence-electron chi connectivity index (χ3n) is 3.05. The number of carbonyl (C=O) groups excluding carboxylic acids is 1. The fourth-order valence-electron chi connectivity index (χ4n) is 1.83. The quantitative estimate of drug-likeness (QED) is 0.632. The largest absolute Gasteiger partial charge is 0.469 e. The molecule has 4 heteroatoms. The van der Waals surface area contributed by atoms with Crippen LogP contribution < -0.4 is 5.32 Å². The first kappa shape index (κ1) is 15.4. The molecule has 1 heterocycles. The number of rotatable bonds is 6. The van der Waals surface area contributed by atoms with Gasteiger partial charge in [-0.1, -0.05) is 11.6 Å². The van der Waals surface area contributed by atoms with Gasteiger partial charge in [0, 0.05) is 18.9 Å². The van der Waals surface area contributed by atoms with Crippen LogP contribution in [0.5, 0.6) is 0 Å². The number of hydrogen-bond acceptors (Lipinski definition) is 4. The van der Waals surface area contributed by atoms with E-state index in [1.165, 1.54) is 12.7 Å². The maximum atomic E-state index is 11.6. The summed E-state index contributed by atoms with van der Waals surface area (Å²) in [7, 11) is 1.41. The predicted molar refractivity (Wildman–Crippen MR) is 75.7 cm³/mol. The van der Waals surface area contributed by atoms with Gasteiger partial charge < -0.3 is 10.1 Å². The average Bonchev–Trinajstić information content (AvgIpc) is 2.39. The van der Waals surface area contributed by atoms with Crippen LogP contribution in [0.1, 0.15) is 32.8 Å². The van der Waals surface area contributed by atoms with Crippen LogP contribution >= 0.6 is 0 Å². The molecule has 0 aliphatic carbocycles. The van der Waals surface area contributed by atoms with E-state index in [0.29, 0.717) is 6.54 Å². The lowest BCUT2D eigenvalue weighted by Gasteiger charge is -2.30. The van der Waals surface area contributed by atoms with Gasteiger partial charge in [-0.3, -0.25) is 9.78 Å². The Balaban J connectivity index is 2.90. The van der Waals surface area contributed by atoms with Crippen LogP contribution in [0.4, 0.5) is 0 Å². The number of aromatic nitrogens is 1. The normalized spacial score (nSPS) is 13.5. The summed E-state index contributed by atoms with van der Waals surface area (Å²) in [6.07, 6.45) is 5.84. The topological polar surface area (TPSA) is 51.2 Å². The lowest BCUT2D eigenvalue weighted by atomic mass is 9.89. The van der Waals surface area contributed by atoms with Crippen molar-refractivity contribution in [3.63, 3.8) is 0 Å². The fraction of sp³-hybridized carbons (Fsp3) is 0.467. The van der Waals surface area contributed by atoms with Crippen LogP contribution in [-0.4, -0.2) is 24.6 Å². The monoisotopic (exact) mass is 262 g/mol. The average molecular weight is 262 g/mol. The van der Waals surface area contributed by atoms with Crippen molar-refractivity contribution in [1.29, 1.82) is 0 Å². The molecule has 1 atom stereocenters. The van der Waals surface area contributed by atoms with E-state index in [4.69, 9.17) is 4.74 Å². The maximum Gasteiger partial charge on any atom is 0.307 e. The van der Waals surface area contributed by atoms with E-state index in [0.717, 1.165) is 5.56 Å². The minimum atomic E-state index is -0.456. The SMILES string of the molecule is COC(=O)C[C@](C)(NCC=C(C)C)c1ccncc1. The van der Waals surface area contributed by atoms with Crippen LogP contribution in [0.15, 0.2) is 36.2 Å². The van der Waals surface area contributed by atoms with Gasteiger partial charge in [0.2, 0.25) is 0 Å². The molecule has 1 N–H and O–H groups in total. The third-order valence-corrected chi connectivity index (χ3v) is 3.05. The first-order chi connectivity index (χ1) is 8.98. The molecule has 1 aromatic heterocycles. The fourth-order valence-corrected chi connectivity index (χ4v) is 1.83. The van der Waals surface area contributed by atoms with Crippen molar-refractivity contribution in [1.82, 2.24) is 10.3 Å².